The Morgan fingerprint density at radius 3 is 2.33 bits per heavy atom. The maximum Gasteiger partial charge on any atom is 0.335 e. The Balaban J connectivity index is 2.39. The van der Waals surface area contributed by atoms with Crippen molar-refractivity contribution in [1.29, 1.82) is 5.26 Å². The van der Waals surface area contributed by atoms with Gasteiger partial charge in [0.05, 0.1) is 21.7 Å². The molecule has 0 aliphatic rings. The van der Waals surface area contributed by atoms with Crippen LogP contribution in [0.25, 0.3) is 0 Å². The van der Waals surface area contributed by atoms with E-state index in [1.165, 1.54) is 12.1 Å². The normalized spacial score (nSPS) is 10.0. The average Bonchev–Trinajstić information content (AvgIpc) is 2.43. The number of nitrogens with zero attached hydrogens (tertiary/aromatic N) is 1. The molecule has 21 heavy (non-hydrogen) atoms. The standard InChI is InChI=1S/C16H12BrNO3/c1-9-5-11(8-18)6-10(2)15(9)21-14-4-3-12(16(19)20)7-13(14)17/h3-7H,1-2H3,(H,19,20). The zero-order valence-corrected chi connectivity index (χ0v) is 13.1. The number of halogens is 1. The number of nitriles is 1. The second-order valence-corrected chi connectivity index (χ2v) is 5.46. The lowest BCUT2D eigenvalue weighted by molar-refractivity contribution is 0.0697. The third-order valence-electron chi connectivity index (χ3n) is 2.98. The topological polar surface area (TPSA) is 70.3 Å². The quantitative estimate of drug-likeness (QED) is 0.893. The van der Waals surface area contributed by atoms with Crippen molar-refractivity contribution < 1.29 is 14.6 Å². The van der Waals surface area contributed by atoms with E-state index >= 15 is 0 Å². The van der Waals surface area contributed by atoms with Crippen LogP contribution in [0.1, 0.15) is 27.0 Å². The van der Waals surface area contributed by atoms with Crippen LogP contribution in [0.4, 0.5) is 0 Å². The Morgan fingerprint density at radius 1 is 1.24 bits per heavy atom. The summed E-state index contributed by atoms with van der Waals surface area (Å²) >= 11 is 3.31. The summed E-state index contributed by atoms with van der Waals surface area (Å²) in [4.78, 5) is 10.9. The molecule has 2 aromatic carbocycles. The molecule has 106 valence electrons. The van der Waals surface area contributed by atoms with Crippen molar-refractivity contribution in [2.45, 2.75) is 13.8 Å². The van der Waals surface area contributed by atoms with Crippen molar-refractivity contribution in [2.24, 2.45) is 0 Å². The number of carboxylic acids is 1. The van der Waals surface area contributed by atoms with Gasteiger partial charge in [-0.15, -0.1) is 0 Å². The fourth-order valence-electron chi connectivity index (χ4n) is 2.00. The van der Waals surface area contributed by atoms with Gasteiger partial charge in [0, 0.05) is 0 Å². The van der Waals surface area contributed by atoms with Gasteiger partial charge < -0.3 is 9.84 Å². The largest absolute Gasteiger partial charge is 0.478 e. The van der Waals surface area contributed by atoms with Gasteiger partial charge in [-0.3, -0.25) is 0 Å². The van der Waals surface area contributed by atoms with Crippen molar-refractivity contribution >= 4 is 21.9 Å². The molecule has 2 rings (SSSR count). The lowest BCUT2D eigenvalue weighted by Gasteiger charge is -2.13. The minimum atomic E-state index is -0.993. The molecule has 0 spiro atoms. The second kappa shape index (κ2) is 5.98. The van der Waals surface area contributed by atoms with Gasteiger partial charge >= 0.3 is 5.97 Å². The van der Waals surface area contributed by atoms with E-state index in [0.29, 0.717) is 21.5 Å². The molecular formula is C16H12BrNO3. The molecular weight excluding hydrogens is 334 g/mol. The van der Waals surface area contributed by atoms with Crippen LogP contribution in [-0.2, 0) is 0 Å². The number of rotatable bonds is 3. The second-order valence-electron chi connectivity index (χ2n) is 4.60. The van der Waals surface area contributed by atoms with Crippen molar-refractivity contribution in [2.75, 3.05) is 0 Å². The Hall–Kier alpha value is -2.32. The van der Waals surface area contributed by atoms with E-state index in [2.05, 4.69) is 22.0 Å². The molecule has 0 amide bonds. The molecule has 0 fully saturated rings. The van der Waals surface area contributed by atoms with E-state index in [1.807, 2.05) is 13.8 Å². The Kier molecular flexibility index (Phi) is 4.29. The smallest absolute Gasteiger partial charge is 0.335 e. The molecule has 4 nitrogen and oxygen atoms in total. The first-order chi connectivity index (χ1) is 9.92. The number of aryl methyl sites for hydroxylation is 2. The molecule has 0 atom stereocenters. The predicted octanol–water partition coefficient (Wildman–Crippen LogP) is 4.43. The lowest BCUT2D eigenvalue weighted by atomic mass is 10.1. The van der Waals surface area contributed by atoms with Gasteiger partial charge in [0.1, 0.15) is 11.5 Å². The molecule has 2 aromatic rings. The average molecular weight is 346 g/mol. The van der Waals surface area contributed by atoms with Crippen molar-refractivity contribution in [3.05, 3.63) is 57.1 Å². The van der Waals surface area contributed by atoms with Gasteiger partial charge in [0.2, 0.25) is 0 Å². The molecule has 0 saturated heterocycles. The van der Waals surface area contributed by atoms with Gasteiger partial charge in [-0.05, 0) is 71.2 Å². The summed E-state index contributed by atoms with van der Waals surface area (Å²) in [6.45, 7) is 3.73. The molecule has 0 aliphatic heterocycles. The summed E-state index contributed by atoms with van der Waals surface area (Å²) in [6.07, 6.45) is 0. The number of aromatic carboxylic acids is 1. The van der Waals surface area contributed by atoms with Crippen molar-refractivity contribution in [3.8, 4) is 17.6 Å². The van der Waals surface area contributed by atoms with E-state index in [1.54, 1.807) is 18.2 Å². The number of hydrogen-bond donors (Lipinski definition) is 1. The zero-order valence-electron chi connectivity index (χ0n) is 11.5. The lowest BCUT2D eigenvalue weighted by Crippen LogP contribution is -1.97. The maximum absolute atomic E-state index is 10.9. The van der Waals surface area contributed by atoms with E-state index in [4.69, 9.17) is 15.1 Å². The van der Waals surface area contributed by atoms with Gasteiger partial charge in [-0.2, -0.15) is 5.26 Å². The fourth-order valence-corrected chi connectivity index (χ4v) is 2.46. The zero-order chi connectivity index (χ0) is 15.6. The van der Waals surface area contributed by atoms with Crippen molar-refractivity contribution in [1.82, 2.24) is 0 Å². The monoisotopic (exact) mass is 345 g/mol. The summed E-state index contributed by atoms with van der Waals surface area (Å²) in [5.74, 6) is 0.196. The summed E-state index contributed by atoms with van der Waals surface area (Å²) in [5, 5.41) is 17.9. The number of ether oxygens (including phenoxy) is 1. The molecule has 0 aromatic heterocycles. The molecule has 0 saturated carbocycles. The molecule has 0 radical (unpaired) electrons. The Morgan fingerprint density at radius 2 is 1.86 bits per heavy atom. The fraction of sp³-hybridized carbons (Fsp3) is 0.125. The van der Waals surface area contributed by atoms with Crippen LogP contribution in [-0.4, -0.2) is 11.1 Å². The van der Waals surface area contributed by atoms with E-state index < -0.39 is 5.97 Å². The van der Waals surface area contributed by atoms with Crippen LogP contribution in [0.3, 0.4) is 0 Å². The van der Waals surface area contributed by atoms with Gasteiger partial charge in [-0.1, -0.05) is 0 Å². The van der Waals surface area contributed by atoms with Gasteiger partial charge in [0.25, 0.3) is 0 Å². The van der Waals surface area contributed by atoms with Crippen LogP contribution < -0.4 is 4.74 Å². The number of carbonyl (C=O) groups is 1. The summed E-state index contributed by atoms with van der Waals surface area (Å²) in [5.41, 5.74) is 2.46. The first kappa shape index (κ1) is 15.1. The number of carboxylic acid groups (broad SMARTS) is 1. The maximum atomic E-state index is 10.9. The van der Waals surface area contributed by atoms with Crippen LogP contribution >= 0.6 is 15.9 Å². The highest BCUT2D eigenvalue weighted by Gasteiger charge is 2.12. The van der Waals surface area contributed by atoms with Crippen LogP contribution in [0.5, 0.6) is 11.5 Å². The van der Waals surface area contributed by atoms with Crippen LogP contribution in [0.2, 0.25) is 0 Å². The van der Waals surface area contributed by atoms with E-state index in [9.17, 15) is 4.79 Å². The third-order valence-corrected chi connectivity index (χ3v) is 3.60. The number of benzene rings is 2. The highest BCUT2D eigenvalue weighted by molar-refractivity contribution is 9.10. The van der Waals surface area contributed by atoms with E-state index in [0.717, 1.165) is 11.1 Å². The third kappa shape index (κ3) is 3.23. The molecule has 1 N–H and O–H groups in total. The minimum absolute atomic E-state index is 0.183. The molecule has 5 heteroatoms. The first-order valence-electron chi connectivity index (χ1n) is 6.14. The van der Waals surface area contributed by atoms with Crippen molar-refractivity contribution in [3.63, 3.8) is 0 Å². The summed E-state index contributed by atoms with van der Waals surface area (Å²) < 4.78 is 6.42. The molecule has 0 bridgehead atoms. The molecule has 0 unspecified atom stereocenters. The van der Waals surface area contributed by atoms with Gasteiger partial charge in [0.15, 0.2) is 0 Å². The number of hydrogen-bond acceptors (Lipinski definition) is 3. The Bertz CT molecular complexity index is 740. The van der Waals surface area contributed by atoms with E-state index in [-0.39, 0.29) is 5.56 Å². The molecule has 0 aliphatic carbocycles. The summed E-state index contributed by atoms with van der Waals surface area (Å²) in [6, 6.07) is 10.2. The molecule has 0 heterocycles. The summed E-state index contributed by atoms with van der Waals surface area (Å²) in [7, 11) is 0. The highest BCUT2D eigenvalue weighted by Crippen LogP contribution is 2.34. The highest BCUT2D eigenvalue weighted by atomic mass is 79.9. The van der Waals surface area contributed by atoms with Crippen LogP contribution in [0.15, 0.2) is 34.8 Å². The van der Waals surface area contributed by atoms with Crippen LogP contribution in [0, 0.1) is 25.2 Å². The predicted molar refractivity (Wildman–Crippen MR) is 81.8 cm³/mol. The Labute approximate surface area is 130 Å². The minimum Gasteiger partial charge on any atom is -0.478 e. The van der Waals surface area contributed by atoms with Gasteiger partial charge in [-0.25, -0.2) is 4.79 Å². The SMILES string of the molecule is Cc1cc(C#N)cc(C)c1Oc1ccc(C(=O)O)cc1Br. The first-order valence-corrected chi connectivity index (χ1v) is 6.93.